The summed E-state index contributed by atoms with van der Waals surface area (Å²) in [6, 6.07) is 0. The van der Waals surface area contributed by atoms with Crippen molar-refractivity contribution in [3.8, 4) is 0 Å². The van der Waals surface area contributed by atoms with Crippen LogP contribution in [0.15, 0.2) is 25.7 Å². The molecule has 0 spiro atoms. The molecule has 0 unspecified atom stereocenters. The van der Waals surface area contributed by atoms with Crippen molar-refractivity contribution in [2.24, 2.45) is 0 Å². The van der Waals surface area contributed by atoms with Crippen LogP contribution in [0.4, 0.5) is 9.59 Å². The van der Waals surface area contributed by atoms with Gasteiger partial charge in [-0.05, 0) is 23.5 Å². The van der Waals surface area contributed by atoms with Crippen molar-refractivity contribution in [3.05, 3.63) is 25.7 Å². The van der Waals surface area contributed by atoms with Gasteiger partial charge in [-0.1, -0.05) is 13.2 Å². The molecule has 0 saturated heterocycles. The van der Waals surface area contributed by atoms with Gasteiger partial charge in [0.25, 0.3) is 0 Å². The molecule has 0 fully saturated rings. The lowest BCUT2D eigenvalue weighted by molar-refractivity contribution is 0.213. The minimum absolute atomic E-state index is 0.307. The van der Waals surface area contributed by atoms with E-state index in [0.29, 0.717) is 0 Å². The lowest BCUT2D eigenvalue weighted by Crippen LogP contribution is -1.97. The lowest BCUT2D eigenvalue weighted by Gasteiger charge is -2.02. The van der Waals surface area contributed by atoms with Crippen molar-refractivity contribution in [2.75, 3.05) is 34.5 Å². The number of hydrogen-bond acceptors (Lipinski definition) is 8. The van der Waals surface area contributed by atoms with Crippen molar-refractivity contribution in [1.82, 2.24) is 0 Å². The number of rotatable bonds is 11. The molecule has 0 aromatic carbocycles. The Labute approximate surface area is 136 Å². The molecule has 0 heterocycles. The largest absolute Gasteiger partial charge is 0.427 e. The lowest BCUT2D eigenvalue weighted by atomic mass is 10.9. The summed E-state index contributed by atoms with van der Waals surface area (Å²) in [7, 11) is 0. The van der Waals surface area contributed by atoms with E-state index in [4.69, 9.17) is 0 Å². The van der Waals surface area contributed by atoms with E-state index < -0.39 is 0 Å². The van der Waals surface area contributed by atoms with Gasteiger partial charge in [0, 0.05) is 34.5 Å². The van der Waals surface area contributed by atoms with Gasteiger partial charge in [-0.2, -0.15) is 23.5 Å². The van der Waals surface area contributed by atoms with Crippen molar-refractivity contribution in [1.29, 1.82) is 0 Å². The second-order valence-corrected chi connectivity index (χ2v) is 7.50. The fourth-order valence-corrected chi connectivity index (χ4v) is 4.46. The van der Waals surface area contributed by atoms with Crippen molar-refractivity contribution < 1.29 is 19.1 Å². The van der Waals surface area contributed by atoms with Crippen LogP contribution < -0.4 is 0 Å². The number of carbonyl (C=O) groups is 2. The van der Waals surface area contributed by atoms with Gasteiger partial charge in [0.1, 0.15) is 0 Å². The highest BCUT2D eigenvalue weighted by atomic mass is 32.2. The van der Waals surface area contributed by atoms with Gasteiger partial charge >= 0.3 is 10.6 Å². The summed E-state index contributed by atoms with van der Waals surface area (Å²) >= 11 is 5.91. The Bertz CT molecular complexity index is 280. The van der Waals surface area contributed by atoms with Crippen LogP contribution in [-0.4, -0.2) is 45.1 Å². The number of ether oxygens (including phenoxy) is 2. The van der Waals surface area contributed by atoms with Gasteiger partial charge < -0.3 is 9.47 Å². The average molecular weight is 355 g/mol. The minimum Gasteiger partial charge on any atom is -0.427 e. The molecule has 20 heavy (non-hydrogen) atoms. The molecule has 0 amide bonds. The summed E-state index contributed by atoms with van der Waals surface area (Å²) in [6.45, 7) is 6.63. The second-order valence-electron chi connectivity index (χ2n) is 2.99. The molecule has 0 saturated carbocycles. The molecule has 0 aromatic rings. The van der Waals surface area contributed by atoms with E-state index in [-0.39, 0.29) is 10.6 Å². The minimum atomic E-state index is -0.307. The molecule has 0 aromatic heterocycles. The first kappa shape index (κ1) is 19.8. The van der Waals surface area contributed by atoms with E-state index in [1.807, 2.05) is 0 Å². The van der Waals surface area contributed by atoms with Crippen LogP contribution >= 0.6 is 47.0 Å². The number of thioether (sulfide) groups is 4. The molecule has 0 radical (unpaired) electrons. The Morgan fingerprint density at radius 1 is 0.750 bits per heavy atom. The summed E-state index contributed by atoms with van der Waals surface area (Å²) in [5.74, 6) is 5.37. The maximum Gasteiger partial charge on any atom is 0.372 e. The van der Waals surface area contributed by atoms with Crippen LogP contribution in [0.1, 0.15) is 0 Å². The Morgan fingerprint density at radius 3 is 1.45 bits per heavy atom. The monoisotopic (exact) mass is 354 g/mol. The highest BCUT2D eigenvalue weighted by Crippen LogP contribution is 2.13. The second kappa shape index (κ2) is 15.2. The molecule has 8 heteroatoms. The van der Waals surface area contributed by atoms with E-state index in [2.05, 4.69) is 22.6 Å². The van der Waals surface area contributed by atoms with E-state index in [1.165, 1.54) is 0 Å². The number of hydrogen-bond donors (Lipinski definition) is 0. The highest BCUT2D eigenvalue weighted by Gasteiger charge is 2.02. The Kier molecular flexibility index (Phi) is 15.1. The Balaban J connectivity index is 3.17. The first-order chi connectivity index (χ1) is 9.70. The van der Waals surface area contributed by atoms with Gasteiger partial charge in [0.15, 0.2) is 0 Å². The molecule has 0 bridgehead atoms. The van der Waals surface area contributed by atoms with Crippen molar-refractivity contribution in [2.45, 2.75) is 0 Å². The van der Waals surface area contributed by atoms with Gasteiger partial charge in [0.05, 0.1) is 12.5 Å². The highest BCUT2D eigenvalue weighted by molar-refractivity contribution is 8.14. The standard InChI is InChI=1S/C12H18O4S4/c1-3-15-11(13)19-9-7-17-5-6-18-8-10-20-12(14)16-4-2/h3-4H,1-2,5-10H2. The van der Waals surface area contributed by atoms with Crippen LogP contribution in [0.5, 0.6) is 0 Å². The molecule has 0 atom stereocenters. The molecular formula is C12H18O4S4. The molecule has 0 aliphatic heterocycles. The fourth-order valence-electron chi connectivity index (χ4n) is 0.894. The summed E-state index contributed by atoms with van der Waals surface area (Å²) in [4.78, 5) is 21.9. The third-order valence-electron chi connectivity index (χ3n) is 1.63. The summed E-state index contributed by atoms with van der Waals surface area (Å²) in [5, 5.41) is -0.614. The van der Waals surface area contributed by atoms with Gasteiger partial charge in [-0.15, -0.1) is 0 Å². The first-order valence-electron chi connectivity index (χ1n) is 5.74. The molecular weight excluding hydrogens is 336 g/mol. The average Bonchev–Trinajstić information content (AvgIpc) is 2.41. The third kappa shape index (κ3) is 14.2. The maximum atomic E-state index is 11.0. The van der Waals surface area contributed by atoms with E-state index in [9.17, 15) is 9.59 Å². The summed E-state index contributed by atoms with van der Waals surface area (Å²) in [6.07, 6.45) is 2.28. The topological polar surface area (TPSA) is 52.6 Å². The van der Waals surface area contributed by atoms with Crippen LogP contribution in [-0.2, 0) is 9.47 Å². The molecule has 4 nitrogen and oxygen atoms in total. The zero-order valence-corrected chi connectivity index (χ0v) is 14.3. The van der Waals surface area contributed by atoms with Gasteiger partial charge in [0.2, 0.25) is 0 Å². The molecule has 0 N–H and O–H groups in total. The van der Waals surface area contributed by atoms with Crippen molar-refractivity contribution >= 4 is 57.7 Å². The molecule has 0 aliphatic carbocycles. The van der Waals surface area contributed by atoms with Crippen LogP contribution in [0.3, 0.4) is 0 Å². The van der Waals surface area contributed by atoms with Gasteiger partial charge in [-0.3, -0.25) is 0 Å². The molecule has 0 aliphatic rings. The normalized spacial score (nSPS) is 9.80. The maximum absolute atomic E-state index is 11.0. The predicted octanol–water partition coefficient (Wildman–Crippen LogP) is 4.48. The van der Waals surface area contributed by atoms with Crippen molar-refractivity contribution in [3.63, 3.8) is 0 Å². The number of carbonyl (C=O) groups excluding carboxylic acids is 2. The first-order valence-corrected chi connectivity index (χ1v) is 10.0. The molecule has 0 rings (SSSR count). The SMILES string of the molecule is C=COC(=O)SCCSCCSCCSC(=O)OC=C. The summed E-state index contributed by atoms with van der Waals surface area (Å²) < 4.78 is 9.16. The Morgan fingerprint density at radius 2 is 1.10 bits per heavy atom. The van der Waals surface area contributed by atoms with E-state index in [1.54, 1.807) is 23.5 Å². The smallest absolute Gasteiger partial charge is 0.372 e. The fraction of sp³-hybridized carbons (Fsp3) is 0.500. The van der Waals surface area contributed by atoms with Gasteiger partial charge in [-0.25, -0.2) is 9.59 Å². The van der Waals surface area contributed by atoms with Crippen LogP contribution in [0.25, 0.3) is 0 Å². The summed E-state index contributed by atoms with van der Waals surface area (Å²) in [5.41, 5.74) is 0. The Hall–Kier alpha value is -0.180. The zero-order valence-electron chi connectivity index (χ0n) is 11.1. The zero-order chi connectivity index (χ0) is 15.1. The molecule has 114 valence electrons. The van der Waals surface area contributed by atoms with E-state index in [0.717, 1.165) is 70.6 Å². The van der Waals surface area contributed by atoms with Crippen LogP contribution in [0, 0.1) is 0 Å². The predicted molar refractivity (Wildman–Crippen MR) is 92.9 cm³/mol. The third-order valence-corrected chi connectivity index (χ3v) is 5.85. The van der Waals surface area contributed by atoms with Crippen LogP contribution in [0.2, 0.25) is 0 Å². The quantitative estimate of drug-likeness (QED) is 0.306. The van der Waals surface area contributed by atoms with E-state index >= 15 is 0 Å².